The zero-order chi connectivity index (χ0) is 9.19. The summed E-state index contributed by atoms with van der Waals surface area (Å²) in [6, 6.07) is 0. The van der Waals surface area contributed by atoms with Crippen molar-refractivity contribution in [1.82, 2.24) is 0 Å². The normalized spacial score (nSPS) is 28.4. The SMILES string of the molecule is CCC(=O)[C@H]1CCSC(C)(C)C1. The van der Waals surface area contributed by atoms with Crippen LogP contribution in [0, 0.1) is 5.92 Å². The number of rotatable bonds is 2. The van der Waals surface area contributed by atoms with Crippen LogP contribution < -0.4 is 0 Å². The highest BCUT2D eigenvalue weighted by Gasteiger charge is 2.31. The summed E-state index contributed by atoms with van der Waals surface area (Å²) in [5.41, 5.74) is 0. The molecule has 0 spiro atoms. The van der Waals surface area contributed by atoms with E-state index in [1.165, 1.54) is 0 Å². The Morgan fingerprint density at radius 3 is 2.75 bits per heavy atom. The van der Waals surface area contributed by atoms with E-state index in [1.807, 2.05) is 18.7 Å². The molecule has 1 rings (SSSR count). The fraction of sp³-hybridized carbons (Fsp3) is 0.900. The first kappa shape index (κ1) is 10.1. The van der Waals surface area contributed by atoms with Crippen LogP contribution in [0.2, 0.25) is 0 Å². The van der Waals surface area contributed by atoms with Crippen LogP contribution >= 0.6 is 11.8 Å². The van der Waals surface area contributed by atoms with Crippen LogP contribution in [-0.4, -0.2) is 16.3 Å². The molecule has 0 radical (unpaired) electrons. The lowest BCUT2D eigenvalue weighted by Gasteiger charge is -2.33. The van der Waals surface area contributed by atoms with E-state index in [4.69, 9.17) is 0 Å². The average Bonchev–Trinajstić information content (AvgIpc) is 2.01. The first-order chi connectivity index (χ1) is 5.55. The van der Waals surface area contributed by atoms with Crippen molar-refractivity contribution >= 4 is 17.5 Å². The smallest absolute Gasteiger partial charge is 0.135 e. The van der Waals surface area contributed by atoms with Crippen molar-refractivity contribution in [3.8, 4) is 0 Å². The zero-order valence-electron chi connectivity index (χ0n) is 8.22. The molecule has 1 fully saturated rings. The third-order valence-corrected chi connectivity index (χ3v) is 3.89. The Morgan fingerprint density at radius 1 is 1.58 bits per heavy atom. The van der Waals surface area contributed by atoms with Crippen molar-refractivity contribution < 1.29 is 4.79 Å². The molecule has 0 bridgehead atoms. The lowest BCUT2D eigenvalue weighted by atomic mass is 9.89. The van der Waals surface area contributed by atoms with E-state index in [1.54, 1.807) is 0 Å². The van der Waals surface area contributed by atoms with Crippen molar-refractivity contribution in [3.05, 3.63) is 0 Å². The highest BCUT2D eigenvalue weighted by atomic mass is 32.2. The predicted octanol–water partition coefficient (Wildman–Crippen LogP) is 2.89. The number of hydrogen-bond acceptors (Lipinski definition) is 2. The van der Waals surface area contributed by atoms with Crippen molar-refractivity contribution in [2.45, 2.75) is 44.8 Å². The number of thioether (sulfide) groups is 1. The topological polar surface area (TPSA) is 17.1 Å². The molecule has 0 saturated carbocycles. The van der Waals surface area contributed by atoms with Gasteiger partial charge in [0, 0.05) is 17.1 Å². The van der Waals surface area contributed by atoms with Crippen LogP contribution in [0.5, 0.6) is 0 Å². The molecule has 0 aliphatic carbocycles. The Labute approximate surface area is 79.3 Å². The maximum atomic E-state index is 11.4. The van der Waals surface area contributed by atoms with Gasteiger partial charge >= 0.3 is 0 Å². The molecule has 0 aromatic rings. The van der Waals surface area contributed by atoms with E-state index < -0.39 is 0 Å². The standard InChI is InChI=1S/C10H18OS/c1-4-9(11)8-5-6-12-10(2,3)7-8/h8H,4-7H2,1-3H3/t8-/m0/s1. The van der Waals surface area contributed by atoms with E-state index in [0.717, 1.165) is 18.6 Å². The molecule has 70 valence electrons. The van der Waals surface area contributed by atoms with Crippen molar-refractivity contribution in [3.63, 3.8) is 0 Å². The third-order valence-electron chi connectivity index (χ3n) is 2.50. The summed E-state index contributed by atoms with van der Waals surface area (Å²) in [5, 5.41) is 0. The monoisotopic (exact) mass is 186 g/mol. The lowest BCUT2D eigenvalue weighted by Crippen LogP contribution is -2.30. The number of Topliss-reactive ketones (excluding diaryl/α,β-unsaturated/α-hetero) is 1. The summed E-state index contributed by atoms with van der Waals surface area (Å²) < 4.78 is 0.327. The van der Waals surface area contributed by atoms with Gasteiger partial charge in [-0.2, -0.15) is 11.8 Å². The van der Waals surface area contributed by atoms with Gasteiger partial charge < -0.3 is 0 Å². The average molecular weight is 186 g/mol. The highest BCUT2D eigenvalue weighted by molar-refractivity contribution is 8.00. The second-order valence-corrected chi connectivity index (χ2v) is 5.92. The highest BCUT2D eigenvalue weighted by Crippen LogP contribution is 2.39. The Kier molecular flexibility index (Phi) is 3.22. The van der Waals surface area contributed by atoms with E-state index in [-0.39, 0.29) is 0 Å². The van der Waals surface area contributed by atoms with Gasteiger partial charge in [-0.1, -0.05) is 20.8 Å². The minimum Gasteiger partial charge on any atom is -0.299 e. The van der Waals surface area contributed by atoms with Crippen LogP contribution in [0.3, 0.4) is 0 Å². The van der Waals surface area contributed by atoms with Gasteiger partial charge in [0.15, 0.2) is 0 Å². The number of hydrogen-bond donors (Lipinski definition) is 0. The summed E-state index contributed by atoms with van der Waals surface area (Å²) in [5.74, 6) is 1.97. The van der Waals surface area contributed by atoms with Crippen LogP contribution in [-0.2, 0) is 4.79 Å². The van der Waals surface area contributed by atoms with Crippen molar-refractivity contribution in [2.24, 2.45) is 5.92 Å². The van der Waals surface area contributed by atoms with E-state index in [0.29, 0.717) is 22.9 Å². The van der Waals surface area contributed by atoms with Gasteiger partial charge in [0.1, 0.15) is 5.78 Å². The fourth-order valence-electron chi connectivity index (χ4n) is 1.80. The molecule has 12 heavy (non-hydrogen) atoms. The predicted molar refractivity (Wildman–Crippen MR) is 54.6 cm³/mol. The van der Waals surface area contributed by atoms with Gasteiger partial charge in [0.2, 0.25) is 0 Å². The summed E-state index contributed by atoms with van der Waals surface area (Å²) >= 11 is 2.00. The van der Waals surface area contributed by atoms with Crippen LogP contribution in [0.1, 0.15) is 40.0 Å². The molecule has 1 heterocycles. The number of ketones is 1. The second kappa shape index (κ2) is 3.82. The number of carbonyl (C=O) groups excluding carboxylic acids is 1. The Bertz CT molecular complexity index is 175. The summed E-state index contributed by atoms with van der Waals surface area (Å²) in [6.45, 7) is 6.45. The van der Waals surface area contributed by atoms with Crippen molar-refractivity contribution in [2.75, 3.05) is 5.75 Å². The molecule has 2 heteroatoms. The maximum Gasteiger partial charge on any atom is 0.135 e. The minimum absolute atomic E-state index is 0.327. The lowest BCUT2D eigenvalue weighted by molar-refractivity contribution is -0.123. The molecular formula is C10H18OS. The zero-order valence-corrected chi connectivity index (χ0v) is 9.04. The molecule has 1 aliphatic rings. The van der Waals surface area contributed by atoms with Gasteiger partial charge in [0.25, 0.3) is 0 Å². The molecule has 0 amide bonds. The third kappa shape index (κ3) is 2.51. The molecule has 0 N–H and O–H groups in total. The van der Waals surface area contributed by atoms with Crippen LogP contribution in [0.25, 0.3) is 0 Å². The van der Waals surface area contributed by atoms with Crippen molar-refractivity contribution in [1.29, 1.82) is 0 Å². The quantitative estimate of drug-likeness (QED) is 0.659. The molecule has 0 aromatic heterocycles. The molecule has 1 nitrogen and oxygen atoms in total. The second-order valence-electron chi connectivity index (χ2n) is 4.12. The van der Waals surface area contributed by atoms with E-state index in [9.17, 15) is 4.79 Å². The maximum absolute atomic E-state index is 11.4. The molecule has 0 aromatic carbocycles. The van der Waals surface area contributed by atoms with Gasteiger partial charge in [-0.3, -0.25) is 4.79 Å². The van der Waals surface area contributed by atoms with E-state index in [2.05, 4.69) is 13.8 Å². The minimum atomic E-state index is 0.327. The Morgan fingerprint density at radius 2 is 2.25 bits per heavy atom. The summed E-state index contributed by atoms with van der Waals surface area (Å²) in [6.07, 6.45) is 2.89. The molecular weight excluding hydrogens is 168 g/mol. The molecule has 1 atom stereocenters. The van der Waals surface area contributed by atoms with Gasteiger partial charge in [-0.15, -0.1) is 0 Å². The largest absolute Gasteiger partial charge is 0.299 e. The van der Waals surface area contributed by atoms with Gasteiger partial charge in [0.05, 0.1) is 0 Å². The first-order valence-electron chi connectivity index (χ1n) is 4.72. The van der Waals surface area contributed by atoms with Crippen LogP contribution in [0.15, 0.2) is 0 Å². The Hall–Kier alpha value is 0.0200. The fourth-order valence-corrected chi connectivity index (χ4v) is 3.07. The molecule has 0 unspecified atom stereocenters. The molecule has 1 aliphatic heterocycles. The van der Waals surface area contributed by atoms with Gasteiger partial charge in [-0.25, -0.2) is 0 Å². The first-order valence-corrected chi connectivity index (χ1v) is 5.70. The summed E-state index contributed by atoms with van der Waals surface area (Å²) in [4.78, 5) is 11.4. The van der Waals surface area contributed by atoms with Crippen LogP contribution in [0.4, 0.5) is 0 Å². The van der Waals surface area contributed by atoms with Gasteiger partial charge in [-0.05, 0) is 18.6 Å². The Balaban J connectivity index is 2.52. The van der Waals surface area contributed by atoms with E-state index >= 15 is 0 Å². The molecule has 1 saturated heterocycles. The number of carbonyl (C=O) groups is 1. The summed E-state index contributed by atoms with van der Waals surface area (Å²) in [7, 11) is 0.